The third kappa shape index (κ3) is 4.17. The first-order valence-electron chi connectivity index (χ1n) is 7.93. The van der Waals surface area contributed by atoms with E-state index in [2.05, 4.69) is 35.8 Å². The summed E-state index contributed by atoms with van der Waals surface area (Å²) in [6.07, 6.45) is 15.7. The molecule has 0 radical (unpaired) electrons. The Bertz CT molecular complexity index is 708. The molecule has 1 atom stereocenters. The Labute approximate surface area is 142 Å². The molecule has 0 saturated heterocycles. The SMILES string of the molecule is NC1=CC=CC(=CC2=CC(=CNc3ccccc3)CCC2)C1Cl. The van der Waals surface area contributed by atoms with Crippen molar-refractivity contribution in [1.29, 1.82) is 0 Å². The Morgan fingerprint density at radius 2 is 2.00 bits per heavy atom. The summed E-state index contributed by atoms with van der Waals surface area (Å²) < 4.78 is 0. The molecule has 3 heteroatoms. The summed E-state index contributed by atoms with van der Waals surface area (Å²) in [5, 5.41) is 3.13. The highest BCUT2D eigenvalue weighted by Gasteiger charge is 2.15. The second kappa shape index (κ2) is 7.38. The molecular formula is C20H21ClN2. The zero-order valence-corrected chi connectivity index (χ0v) is 13.8. The lowest BCUT2D eigenvalue weighted by Crippen LogP contribution is -2.15. The first-order chi connectivity index (χ1) is 11.2. The summed E-state index contributed by atoms with van der Waals surface area (Å²) >= 11 is 6.36. The highest BCUT2D eigenvalue weighted by Crippen LogP contribution is 2.28. The molecule has 1 aromatic rings. The van der Waals surface area contributed by atoms with Gasteiger partial charge in [0.15, 0.2) is 0 Å². The average Bonchev–Trinajstić information content (AvgIpc) is 2.59. The number of halogens is 1. The average molecular weight is 325 g/mol. The van der Waals surface area contributed by atoms with Crippen molar-refractivity contribution in [3.8, 4) is 0 Å². The molecule has 1 unspecified atom stereocenters. The molecule has 0 saturated carbocycles. The van der Waals surface area contributed by atoms with Gasteiger partial charge < -0.3 is 11.1 Å². The van der Waals surface area contributed by atoms with Crippen LogP contribution >= 0.6 is 11.6 Å². The number of hydrogen-bond acceptors (Lipinski definition) is 2. The monoisotopic (exact) mass is 324 g/mol. The van der Waals surface area contributed by atoms with Gasteiger partial charge in [0.05, 0.1) is 5.38 Å². The van der Waals surface area contributed by atoms with Crippen LogP contribution in [0.15, 0.2) is 89.3 Å². The molecule has 3 rings (SSSR count). The summed E-state index contributed by atoms with van der Waals surface area (Å²) in [5.41, 5.74) is 11.4. The van der Waals surface area contributed by atoms with E-state index in [1.165, 1.54) is 11.1 Å². The van der Waals surface area contributed by atoms with Crippen molar-refractivity contribution in [2.75, 3.05) is 5.32 Å². The number of para-hydroxylation sites is 1. The fraction of sp³-hybridized carbons (Fsp3) is 0.200. The van der Waals surface area contributed by atoms with Gasteiger partial charge >= 0.3 is 0 Å². The Morgan fingerprint density at radius 1 is 1.17 bits per heavy atom. The molecule has 0 bridgehead atoms. The van der Waals surface area contributed by atoms with Crippen LogP contribution in [0.4, 0.5) is 5.69 Å². The molecule has 0 fully saturated rings. The molecule has 118 valence electrons. The normalized spacial score (nSPS) is 24.5. The number of alkyl halides is 1. The maximum absolute atomic E-state index is 6.36. The van der Waals surface area contributed by atoms with Crippen molar-refractivity contribution < 1.29 is 0 Å². The minimum atomic E-state index is -0.224. The molecule has 2 aliphatic rings. The van der Waals surface area contributed by atoms with Crippen LogP contribution in [-0.4, -0.2) is 5.38 Å². The van der Waals surface area contributed by atoms with E-state index in [0.717, 1.165) is 30.5 Å². The lowest BCUT2D eigenvalue weighted by molar-refractivity contribution is 0.795. The molecule has 0 heterocycles. The van der Waals surface area contributed by atoms with Gasteiger partial charge in [-0.25, -0.2) is 0 Å². The largest absolute Gasteiger partial charge is 0.401 e. The van der Waals surface area contributed by atoms with Crippen LogP contribution in [0.2, 0.25) is 0 Å². The van der Waals surface area contributed by atoms with Crippen molar-refractivity contribution in [3.63, 3.8) is 0 Å². The van der Waals surface area contributed by atoms with Crippen molar-refractivity contribution in [2.45, 2.75) is 24.6 Å². The van der Waals surface area contributed by atoms with Gasteiger partial charge in [-0.05, 0) is 54.2 Å². The lowest BCUT2D eigenvalue weighted by atomic mass is 9.92. The zero-order valence-electron chi connectivity index (χ0n) is 13.0. The third-order valence-electron chi connectivity index (χ3n) is 4.01. The molecule has 0 aromatic heterocycles. The van der Waals surface area contributed by atoms with Gasteiger partial charge in [-0.2, -0.15) is 0 Å². The van der Waals surface area contributed by atoms with Crippen LogP contribution in [0.25, 0.3) is 0 Å². The fourth-order valence-electron chi connectivity index (χ4n) is 2.78. The molecule has 0 spiro atoms. The lowest BCUT2D eigenvalue weighted by Gasteiger charge is -2.18. The maximum atomic E-state index is 6.36. The van der Waals surface area contributed by atoms with E-state index < -0.39 is 0 Å². The quantitative estimate of drug-likeness (QED) is 0.764. The van der Waals surface area contributed by atoms with Gasteiger partial charge in [0.1, 0.15) is 0 Å². The summed E-state index contributed by atoms with van der Waals surface area (Å²) in [6, 6.07) is 10.2. The summed E-state index contributed by atoms with van der Waals surface area (Å²) in [5.74, 6) is 0. The third-order valence-corrected chi connectivity index (χ3v) is 4.52. The van der Waals surface area contributed by atoms with Crippen LogP contribution in [0.1, 0.15) is 19.3 Å². The standard InChI is InChI=1S/C20H21ClN2/c21-20-17(8-5-11-19(20)22)13-15-6-4-7-16(12-15)14-23-18-9-2-1-3-10-18/h1-3,5,8-14,20,23H,4,6-7,22H2. The minimum absolute atomic E-state index is 0.224. The predicted molar refractivity (Wildman–Crippen MR) is 99.2 cm³/mol. The van der Waals surface area contributed by atoms with Crippen LogP contribution in [0, 0.1) is 0 Å². The number of nitrogens with one attached hydrogen (secondary N) is 1. The molecule has 0 amide bonds. The van der Waals surface area contributed by atoms with Crippen molar-refractivity contribution in [3.05, 3.63) is 89.3 Å². The number of hydrogen-bond donors (Lipinski definition) is 2. The van der Waals surface area contributed by atoms with Crippen LogP contribution in [-0.2, 0) is 0 Å². The van der Waals surface area contributed by atoms with E-state index in [1.54, 1.807) is 0 Å². The van der Waals surface area contributed by atoms with Gasteiger partial charge in [0.2, 0.25) is 0 Å². The fourth-order valence-corrected chi connectivity index (χ4v) is 2.99. The first kappa shape index (κ1) is 15.7. The number of anilines is 1. The van der Waals surface area contributed by atoms with E-state index in [1.807, 2.05) is 36.4 Å². The highest BCUT2D eigenvalue weighted by atomic mass is 35.5. The van der Waals surface area contributed by atoms with E-state index in [9.17, 15) is 0 Å². The summed E-state index contributed by atoms with van der Waals surface area (Å²) in [6.45, 7) is 0. The van der Waals surface area contributed by atoms with E-state index in [0.29, 0.717) is 5.70 Å². The number of nitrogens with two attached hydrogens (primary N) is 1. The zero-order chi connectivity index (χ0) is 16.1. The Hall–Kier alpha value is -2.19. The molecule has 1 aromatic carbocycles. The molecule has 0 aliphatic heterocycles. The number of allylic oxidation sites excluding steroid dienone is 8. The second-order valence-corrected chi connectivity index (χ2v) is 6.27. The Morgan fingerprint density at radius 3 is 2.83 bits per heavy atom. The molecule has 2 nitrogen and oxygen atoms in total. The maximum Gasteiger partial charge on any atom is 0.0979 e. The topological polar surface area (TPSA) is 38.0 Å². The molecule has 3 N–H and O–H groups in total. The first-order valence-corrected chi connectivity index (χ1v) is 8.36. The van der Waals surface area contributed by atoms with Gasteiger partial charge in [0.25, 0.3) is 0 Å². The molecule has 23 heavy (non-hydrogen) atoms. The Balaban J connectivity index is 1.74. The van der Waals surface area contributed by atoms with E-state index >= 15 is 0 Å². The van der Waals surface area contributed by atoms with Gasteiger partial charge in [0, 0.05) is 17.6 Å². The van der Waals surface area contributed by atoms with Gasteiger partial charge in [-0.3, -0.25) is 0 Å². The van der Waals surface area contributed by atoms with Crippen LogP contribution in [0.3, 0.4) is 0 Å². The van der Waals surface area contributed by atoms with Crippen LogP contribution < -0.4 is 11.1 Å². The smallest absolute Gasteiger partial charge is 0.0979 e. The van der Waals surface area contributed by atoms with Gasteiger partial charge in [-0.15, -0.1) is 11.6 Å². The van der Waals surface area contributed by atoms with Crippen LogP contribution in [0.5, 0.6) is 0 Å². The molecule has 2 aliphatic carbocycles. The molecular weight excluding hydrogens is 304 g/mol. The summed E-state index contributed by atoms with van der Waals surface area (Å²) in [4.78, 5) is 0. The van der Waals surface area contributed by atoms with Crippen molar-refractivity contribution >= 4 is 17.3 Å². The van der Waals surface area contributed by atoms with Gasteiger partial charge in [-0.1, -0.05) is 42.5 Å². The Kier molecular flexibility index (Phi) is 5.04. The highest BCUT2D eigenvalue weighted by molar-refractivity contribution is 6.24. The van der Waals surface area contributed by atoms with Crippen molar-refractivity contribution in [1.82, 2.24) is 0 Å². The minimum Gasteiger partial charge on any atom is -0.401 e. The number of rotatable bonds is 3. The summed E-state index contributed by atoms with van der Waals surface area (Å²) in [7, 11) is 0. The van der Waals surface area contributed by atoms with E-state index in [4.69, 9.17) is 17.3 Å². The van der Waals surface area contributed by atoms with E-state index in [-0.39, 0.29) is 5.38 Å². The second-order valence-electron chi connectivity index (χ2n) is 5.84. The van der Waals surface area contributed by atoms with Crippen molar-refractivity contribution in [2.24, 2.45) is 5.73 Å². The number of benzene rings is 1. The predicted octanol–water partition coefficient (Wildman–Crippen LogP) is 5.04.